The average molecular weight is 211 g/mol. The predicted molar refractivity (Wildman–Crippen MR) is 63.0 cm³/mol. The Morgan fingerprint density at radius 1 is 1.13 bits per heavy atom. The second-order valence-electron chi connectivity index (χ2n) is 5.23. The van der Waals surface area contributed by atoms with Crippen LogP contribution < -0.4 is 5.32 Å². The van der Waals surface area contributed by atoms with Crippen LogP contribution >= 0.6 is 0 Å². The van der Waals surface area contributed by atoms with Crippen LogP contribution in [0.4, 0.5) is 0 Å². The van der Waals surface area contributed by atoms with E-state index in [1.165, 1.54) is 51.4 Å². The molecule has 2 fully saturated rings. The van der Waals surface area contributed by atoms with Crippen molar-refractivity contribution in [2.75, 3.05) is 13.7 Å². The summed E-state index contributed by atoms with van der Waals surface area (Å²) in [5.41, 5.74) is 0. The molecule has 88 valence electrons. The molecule has 1 saturated carbocycles. The van der Waals surface area contributed by atoms with Gasteiger partial charge in [-0.05, 0) is 51.5 Å². The first kappa shape index (κ1) is 11.4. The minimum atomic E-state index is 0.597. The van der Waals surface area contributed by atoms with Gasteiger partial charge in [-0.15, -0.1) is 0 Å². The maximum atomic E-state index is 5.68. The fourth-order valence-corrected chi connectivity index (χ4v) is 3.11. The Morgan fingerprint density at radius 2 is 2.07 bits per heavy atom. The van der Waals surface area contributed by atoms with Gasteiger partial charge in [-0.1, -0.05) is 12.8 Å². The monoisotopic (exact) mass is 211 g/mol. The van der Waals surface area contributed by atoms with Crippen LogP contribution in [0.2, 0.25) is 0 Å². The van der Waals surface area contributed by atoms with E-state index in [9.17, 15) is 0 Å². The van der Waals surface area contributed by atoms with Crippen molar-refractivity contribution in [3.05, 3.63) is 0 Å². The molecule has 3 atom stereocenters. The third-order valence-corrected chi connectivity index (χ3v) is 4.11. The number of nitrogens with one attached hydrogen (secondary N) is 1. The van der Waals surface area contributed by atoms with Crippen LogP contribution in [0, 0.1) is 5.92 Å². The van der Waals surface area contributed by atoms with Gasteiger partial charge in [0, 0.05) is 12.6 Å². The van der Waals surface area contributed by atoms with E-state index >= 15 is 0 Å². The van der Waals surface area contributed by atoms with Crippen LogP contribution in [0.1, 0.15) is 51.4 Å². The minimum absolute atomic E-state index is 0.597. The topological polar surface area (TPSA) is 21.3 Å². The second-order valence-corrected chi connectivity index (χ2v) is 5.23. The number of hydrogen-bond acceptors (Lipinski definition) is 2. The highest BCUT2D eigenvalue weighted by molar-refractivity contribution is 4.78. The Labute approximate surface area is 93.8 Å². The van der Waals surface area contributed by atoms with E-state index in [4.69, 9.17) is 4.74 Å². The zero-order valence-electron chi connectivity index (χ0n) is 10.0. The summed E-state index contributed by atoms with van der Waals surface area (Å²) in [6, 6.07) is 0.785. The third kappa shape index (κ3) is 3.46. The number of ether oxygens (including phenoxy) is 1. The molecule has 2 nitrogen and oxygen atoms in total. The molecule has 1 aliphatic carbocycles. The molecule has 1 N–H and O–H groups in total. The van der Waals surface area contributed by atoms with Crippen molar-refractivity contribution < 1.29 is 4.74 Å². The molecule has 0 aromatic heterocycles. The van der Waals surface area contributed by atoms with Gasteiger partial charge in [-0.25, -0.2) is 0 Å². The zero-order valence-corrected chi connectivity index (χ0v) is 10.0. The standard InChI is InChI=1S/C13H25NO/c1-14-12-5-2-4-11(10-12)7-8-13-6-3-9-15-13/h11-14H,2-10H2,1H3. The Balaban J connectivity index is 1.65. The molecule has 0 amide bonds. The summed E-state index contributed by atoms with van der Waals surface area (Å²) in [4.78, 5) is 0. The molecule has 0 aromatic rings. The van der Waals surface area contributed by atoms with E-state index in [0.717, 1.165) is 18.6 Å². The SMILES string of the molecule is CNC1CCCC(CCC2CCCO2)C1. The van der Waals surface area contributed by atoms with Gasteiger partial charge >= 0.3 is 0 Å². The van der Waals surface area contributed by atoms with Gasteiger partial charge in [-0.3, -0.25) is 0 Å². The smallest absolute Gasteiger partial charge is 0.0576 e. The summed E-state index contributed by atoms with van der Waals surface area (Å²) < 4.78 is 5.68. The lowest BCUT2D eigenvalue weighted by atomic mass is 9.82. The largest absolute Gasteiger partial charge is 0.378 e. The molecule has 0 bridgehead atoms. The Hall–Kier alpha value is -0.0800. The van der Waals surface area contributed by atoms with Crippen molar-refractivity contribution in [1.82, 2.24) is 5.32 Å². The van der Waals surface area contributed by atoms with Crippen molar-refractivity contribution in [2.45, 2.75) is 63.5 Å². The summed E-state index contributed by atoms with van der Waals surface area (Å²) in [5.74, 6) is 0.959. The summed E-state index contributed by atoms with van der Waals surface area (Å²) in [6.07, 6.45) is 11.5. The van der Waals surface area contributed by atoms with E-state index in [1.54, 1.807) is 0 Å². The molecule has 3 unspecified atom stereocenters. The van der Waals surface area contributed by atoms with E-state index in [2.05, 4.69) is 12.4 Å². The van der Waals surface area contributed by atoms with Crippen molar-refractivity contribution in [3.63, 3.8) is 0 Å². The van der Waals surface area contributed by atoms with Crippen molar-refractivity contribution in [1.29, 1.82) is 0 Å². The molecular formula is C13H25NO. The maximum Gasteiger partial charge on any atom is 0.0576 e. The zero-order chi connectivity index (χ0) is 10.5. The minimum Gasteiger partial charge on any atom is -0.378 e. The summed E-state index contributed by atoms with van der Waals surface area (Å²) in [6.45, 7) is 1.01. The van der Waals surface area contributed by atoms with Gasteiger partial charge in [0.1, 0.15) is 0 Å². The van der Waals surface area contributed by atoms with Gasteiger partial charge < -0.3 is 10.1 Å². The first-order valence-electron chi connectivity index (χ1n) is 6.67. The van der Waals surface area contributed by atoms with Crippen LogP contribution in [-0.2, 0) is 4.74 Å². The van der Waals surface area contributed by atoms with Gasteiger partial charge in [0.05, 0.1) is 6.10 Å². The predicted octanol–water partition coefficient (Wildman–Crippen LogP) is 2.72. The fraction of sp³-hybridized carbons (Fsp3) is 1.00. The molecule has 0 spiro atoms. The molecule has 0 aromatic carbocycles. The van der Waals surface area contributed by atoms with Gasteiger partial charge in [0.25, 0.3) is 0 Å². The lowest BCUT2D eigenvalue weighted by Gasteiger charge is -2.29. The highest BCUT2D eigenvalue weighted by Gasteiger charge is 2.22. The molecule has 2 rings (SSSR count). The second kappa shape index (κ2) is 5.86. The molecular weight excluding hydrogens is 186 g/mol. The van der Waals surface area contributed by atoms with E-state index in [1.807, 2.05) is 0 Å². The molecule has 0 radical (unpaired) electrons. The van der Waals surface area contributed by atoms with Crippen molar-refractivity contribution >= 4 is 0 Å². The lowest BCUT2D eigenvalue weighted by molar-refractivity contribution is 0.0947. The summed E-state index contributed by atoms with van der Waals surface area (Å²) >= 11 is 0. The van der Waals surface area contributed by atoms with E-state index in [0.29, 0.717) is 6.10 Å². The molecule has 1 aliphatic heterocycles. The number of hydrogen-bond donors (Lipinski definition) is 1. The maximum absolute atomic E-state index is 5.68. The molecule has 15 heavy (non-hydrogen) atoms. The van der Waals surface area contributed by atoms with Gasteiger partial charge in [-0.2, -0.15) is 0 Å². The normalized spacial score (nSPS) is 37.0. The van der Waals surface area contributed by atoms with Crippen LogP contribution in [0.3, 0.4) is 0 Å². The van der Waals surface area contributed by atoms with E-state index in [-0.39, 0.29) is 0 Å². The first-order valence-corrected chi connectivity index (χ1v) is 6.67. The lowest BCUT2D eigenvalue weighted by Crippen LogP contribution is -2.31. The Morgan fingerprint density at radius 3 is 2.80 bits per heavy atom. The highest BCUT2D eigenvalue weighted by atomic mass is 16.5. The fourth-order valence-electron chi connectivity index (χ4n) is 3.11. The molecule has 1 heterocycles. The van der Waals surface area contributed by atoms with Crippen LogP contribution in [0.15, 0.2) is 0 Å². The van der Waals surface area contributed by atoms with Gasteiger partial charge in [0.2, 0.25) is 0 Å². The van der Waals surface area contributed by atoms with Gasteiger partial charge in [0.15, 0.2) is 0 Å². The van der Waals surface area contributed by atoms with E-state index < -0.39 is 0 Å². The average Bonchev–Trinajstić information content (AvgIpc) is 2.79. The third-order valence-electron chi connectivity index (χ3n) is 4.11. The molecule has 2 aliphatic rings. The van der Waals surface area contributed by atoms with Crippen LogP contribution in [0.5, 0.6) is 0 Å². The number of rotatable bonds is 4. The highest BCUT2D eigenvalue weighted by Crippen LogP contribution is 2.29. The molecule has 2 heteroatoms. The van der Waals surface area contributed by atoms with Crippen LogP contribution in [0.25, 0.3) is 0 Å². The Kier molecular flexibility index (Phi) is 4.45. The van der Waals surface area contributed by atoms with Crippen molar-refractivity contribution in [3.8, 4) is 0 Å². The Bertz CT molecular complexity index is 177. The quantitative estimate of drug-likeness (QED) is 0.772. The summed E-state index contributed by atoms with van der Waals surface area (Å²) in [5, 5.41) is 3.43. The van der Waals surface area contributed by atoms with Crippen molar-refractivity contribution in [2.24, 2.45) is 5.92 Å². The first-order chi connectivity index (χ1) is 7.38. The molecule has 1 saturated heterocycles. The van der Waals surface area contributed by atoms with Crippen LogP contribution in [-0.4, -0.2) is 25.8 Å². The summed E-state index contributed by atoms with van der Waals surface area (Å²) in [7, 11) is 2.10.